The van der Waals surface area contributed by atoms with E-state index >= 15 is 0 Å². The molecule has 3 rings (SSSR count). The van der Waals surface area contributed by atoms with Gasteiger partial charge in [-0.25, -0.2) is 9.97 Å². The molecular formula is C15H16N4O. The van der Waals surface area contributed by atoms with Gasteiger partial charge in [0.1, 0.15) is 17.4 Å². The molecule has 0 aliphatic rings. The zero-order valence-corrected chi connectivity index (χ0v) is 11.7. The minimum absolute atomic E-state index is 0.724. The predicted molar refractivity (Wildman–Crippen MR) is 80.2 cm³/mol. The van der Waals surface area contributed by atoms with Gasteiger partial charge in [-0.15, -0.1) is 0 Å². The SMILES string of the molecule is COc1ccc(-c2nc3nc(N(C)C)ccc3[nH]2)cc1. The quantitative estimate of drug-likeness (QED) is 0.793. The van der Waals surface area contributed by atoms with Crippen LogP contribution in [-0.2, 0) is 0 Å². The van der Waals surface area contributed by atoms with Gasteiger partial charge in [0, 0.05) is 19.7 Å². The second-order valence-corrected chi connectivity index (χ2v) is 4.75. The zero-order valence-electron chi connectivity index (χ0n) is 11.7. The third-order valence-electron chi connectivity index (χ3n) is 3.15. The Morgan fingerprint density at radius 3 is 2.40 bits per heavy atom. The van der Waals surface area contributed by atoms with Gasteiger partial charge >= 0.3 is 0 Å². The van der Waals surface area contributed by atoms with Gasteiger partial charge in [0.2, 0.25) is 0 Å². The van der Waals surface area contributed by atoms with E-state index in [4.69, 9.17) is 4.74 Å². The van der Waals surface area contributed by atoms with Crippen molar-refractivity contribution in [2.24, 2.45) is 0 Å². The second-order valence-electron chi connectivity index (χ2n) is 4.75. The third kappa shape index (κ3) is 2.18. The maximum Gasteiger partial charge on any atom is 0.180 e. The highest BCUT2D eigenvalue weighted by molar-refractivity contribution is 5.77. The Kier molecular flexibility index (Phi) is 3.02. The van der Waals surface area contributed by atoms with Crippen molar-refractivity contribution in [1.29, 1.82) is 0 Å². The van der Waals surface area contributed by atoms with Gasteiger partial charge in [0.05, 0.1) is 12.6 Å². The molecule has 2 heterocycles. The van der Waals surface area contributed by atoms with E-state index in [9.17, 15) is 0 Å². The lowest BCUT2D eigenvalue weighted by molar-refractivity contribution is 0.415. The average molecular weight is 268 g/mol. The van der Waals surface area contributed by atoms with Gasteiger partial charge in [0.15, 0.2) is 5.65 Å². The van der Waals surface area contributed by atoms with E-state index in [2.05, 4.69) is 15.0 Å². The molecule has 0 saturated heterocycles. The molecule has 0 atom stereocenters. The van der Waals surface area contributed by atoms with E-state index < -0.39 is 0 Å². The number of benzene rings is 1. The van der Waals surface area contributed by atoms with Gasteiger partial charge in [-0.05, 0) is 36.4 Å². The van der Waals surface area contributed by atoms with Crippen LogP contribution >= 0.6 is 0 Å². The molecule has 1 aromatic carbocycles. The molecule has 0 fully saturated rings. The van der Waals surface area contributed by atoms with Crippen molar-refractivity contribution in [3.05, 3.63) is 36.4 Å². The van der Waals surface area contributed by atoms with Gasteiger partial charge in [-0.3, -0.25) is 0 Å². The minimum atomic E-state index is 0.724. The van der Waals surface area contributed by atoms with E-state index in [1.165, 1.54) is 0 Å². The van der Waals surface area contributed by atoms with Crippen molar-refractivity contribution in [2.75, 3.05) is 26.1 Å². The van der Waals surface area contributed by atoms with Gasteiger partial charge < -0.3 is 14.6 Å². The number of methoxy groups -OCH3 is 1. The van der Waals surface area contributed by atoms with Crippen LogP contribution in [0.5, 0.6) is 5.75 Å². The number of aromatic amines is 1. The van der Waals surface area contributed by atoms with Crippen molar-refractivity contribution in [3.63, 3.8) is 0 Å². The lowest BCUT2D eigenvalue weighted by atomic mass is 10.2. The van der Waals surface area contributed by atoms with Gasteiger partial charge in [0.25, 0.3) is 0 Å². The second kappa shape index (κ2) is 4.85. The number of pyridine rings is 1. The Bertz CT molecular complexity index is 731. The smallest absolute Gasteiger partial charge is 0.180 e. The summed E-state index contributed by atoms with van der Waals surface area (Å²) in [6.07, 6.45) is 0. The molecule has 2 aromatic heterocycles. The molecule has 5 heteroatoms. The van der Waals surface area contributed by atoms with Crippen LogP contribution < -0.4 is 9.64 Å². The highest BCUT2D eigenvalue weighted by Gasteiger charge is 2.08. The molecular weight excluding hydrogens is 252 g/mol. The van der Waals surface area contributed by atoms with Crippen molar-refractivity contribution >= 4 is 17.0 Å². The maximum atomic E-state index is 5.16. The first-order valence-corrected chi connectivity index (χ1v) is 6.36. The monoisotopic (exact) mass is 268 g/mol. The summed E-state index contributed by atoms with van der Waals surface area (Å²) in [5, 5.41) is 0. The lowest BCUT2D eigenvalue weighted by Crippen LogP contribution is -2.10. The summed E-state index contributed by atoms with van der Waals surface area (Å²) >= 11 is 0. The first kappa shape index (κ1) is 12.5. The van der Waals surface area contributed by atoms with Crippen LogP contribution in [0.15, 0.2) is 36.4 Å². The largest absolute Gasteiger partial charge is 0.497 e. The zero-order chi connectivity index (χ0) is 14.1. The molecule has 5 nitrogen and oxygen atoms in total. The molecule has 20 heavy (non-hydrogen) atoms. The summed E-state index contributed by atoms with van der Waals surface area (Å²) in [4.78, 5) is 14.3. The third-order valence-corrected chi connectivity index (χ3v) is 3.15. The molecule has 102 valence electrons. The fourth-order valence-corrected chi connectivity index (χ4v) is 2.02. The van der Waals surface area contributed by atoms with Gasteiger partial charge in [-0.1, -0.05) is 0 Å². The summed E-state index contributed by atoms with van der Waals surface area (Å²) in [6.45, 7) is 0. The van der Waals surface area contributed by atoms with E-state index in [0.29, 0.717) is 0 Å². The van der Waals surface area contributed by atoms with Crippen LogP contribution in [0.4, 0.5) is 5.82 Å². The van der Waals surface area contributed by atoms with E-state index in [0.717, 1.165) is 34.1 Å². The lowest BCUT2D eigenvalue weighted by Gasteiger charge is -2.09. The van der Waals surface area contributed by atoms with Crippen LogP contribution in [-0.4, -0.2) is 36.2 Å². The summed E-state index contributed by atoms with van der Waals surface area (Å²) in [5.74, 6) is 2.54. The number of hydrogen-bond acceptors (Lipinski definition) is 4. The van der Waals surface area contributed by atoms with Crippen molar-refractivity contribution in [2.45, 2.75) is 0 Å². The van der Waals surface area contributed by atoms with Crippen LogP contribution in [0.25, 0.3) is 22.6 Å². The summed E-state index contributed by atoms with van der Waals surface area (Å²) in [5.41, 5.74) is 2.67. The number of aromatic nitrogens is 3. The highest BCUT2D eigenvalue weighted by Crippen LogP contribution is 2.23. The summed E-state index contributed by atoms with van der Waals surface area (Å²) < 4.78 is 5.16. The maximum absolute atomic E-state index is 5.16. The Hall–Kier alpha value is -2.56. The van der Waals surface area contributed by atoms with Crippen LogP contribution in [0.3, 0.4) is 0 Å². The Morgan fingerprint density at radius 1 is 1.00 bits per heavy atom. The van der Waals surface area contributed by atoms with Gasteiger partial charge in [-0.2, -0.15) is 0 Å². The van der Waals surface area contributed by atoms with Crippen molar-refractivity contribution in [3.8, 4) is 17.1 Å². The van der Waals surface area contributed by atoms with Crippen molar-refractivity contribution in [1.82, 2.24) is 15.0 Å². The summed E-state index contributed by atoms with van der Waals surface area (Å²) in [6, 6.07) is 11.8. The molecule has 0 bridgehead atoms. The van der Waals surface area contributed by atoms with Crippen LogP contribution in [0.1, 0.15) is 0 Å². The fraction of sp³-hybridized carbons (Fsp3) is 0.200. The highest BCUT2D eigenvalue weighted by atomic mass is 16.5. The topological polar surface area (TPSA) is 54.0 Å². The standard InChI is InChI=1S/C15H16N4O/c1-19(2)13-9-8-12-15(17-13)18-14(16-12)10-4-6-11(20-3)7-5-10/h4-9H,1-3H3,(H,16,17,18). The first-order chi connectivity index (χ1) is 9.67. The molecule has 0 amide bonds. The Labute approximate surface area is 117 Å². The minimum Gasteiger partial charge on any atom is -0.497 e. The number of H-pyrrole nitrogens is 1. The van der Waals surface area contributed by atoms with E-state index in [1.54, 1.807) is 7.11 Å². The molecule has 0 radical (unpaired) electrons. The first-order valence-electron chi connectivity index (χ1n) is 6.36. The Morgan fingerprint density at radius 2 is 1.75 bits per heavy atom. The predicted octanol–water partition coefficient (Wildman–Crippen LogP) is 2.70. The normalized spacial score (nSPS) is 10.8. The average Bonchev–Trinajstić information content (AvgIpc) is 2.90. The number of rotatable bonds is 3. The molecule has 0 unspecified atom stereocenters. The number of fused-ring (bicyclic) bond motifs is 1. The molecule has 3 aromatic rings. The van der Waals surface area contributed by atoms with E-state index in [-0.39, 0.29) is 0 Å². The molecule has 0 aliphatic carbocycles. The molecule has 0 spiro atoms. The number of nitrogens with one attached hydrogen (secondary N) is 1. The van der Waals surface area contributed by atoms with Crippen LogP contribution in [0.2, 0.25) is 0 Å². The van der Waals surface area contributed by atoms with Crippen molar-refractivity contribution < 1.29 is 4.74 Å². The molecule has 1 N–H and O–H groups in total. The van der Waals surface area contributed by atoms with E-state index in [1.807, 2.05) is 55.4 Å². The Balaban J connectivity index is 2.03. The van der Waals surface area contributed by atoms with Crippen LogP contribution in [0, 0.1) is 0 Å². The number of ether oxygens (including phenoxy) is 1. The molecule has 0 aliphatic heterocycles. The number of imidazole rings is 1. The summed E-state index contributed by atoms with van der Waals surface area (Å²) in [7, 11) is 5.58. The fourth-order valence-electron chi connectivity index (χ4n) is 2.02. The molecule has 0 saturated carbocycles. The number of anilines is 1. The number of hydrogen-bond donors (Lipinski definition) is 1. The number of nitrogens with zero attached hydrogens (tertiary/aromatic N) is 3.